The first-order chi connectivity index (χ1) is 7.08. The van der Waals surface area contributed by atoms with E-state index in [1.807, 2.05) is 6.07 Å². The Hall–Kier alpha value is -0.420. The highest BCUT2D eigenvalue weighted by atomic mass is 79.9. The van der Waals surface area contributed by atoms with Crippen LogP contribution in [-0.4, -0.2) is 16.9 Å². The summed E-state index contributed by atoms with van der Waals surface area (Å²) in [7, 11) is 0. The molecule has 15 heavy (non-hydrogen) atoms. The number of carbonyl (C=O) groups is 1. The van der Waals surface area contributed by atoms with Crippen molar-refractivity contribution in [1.82, 2.24) is 10.3 Å². The van der Waals surface area contributed by atoms with Gasteiger partial charge in [0.15, 0.2) is 0 Å². The minimum absolute atomic E-state index is 0.108. The Bertz CT molecular complexity index is 408. The maximum atomic E-state index is 11.8. The third kappa shape index (κ3) is 2.58. The van der Waals surface area contributed by atoms with Crippen LogP contribution in [0.4, 0.5) is 0 Å². The third-order valence-electron chi connectivity index (χ3n) is 2.45. The summed E-state index contributed by atoms with van der Waals surface area (Å²) in [5, 5.41) is 2.93. The van der Waals surface area contributed by atoms with E-state index in [0.29, 0.717) is 22.1 Å². The van der Waals surface area contributed by atoms with Crippen LogP contribution in [0.1, 0.15) is 23.8 Å². The fraction of sp³-hybridized carbons (Fsp3) is 0.400. The SMILES string of the molecule is CC1CC1NC(=O)c1ncc(Br)cc1Br. The smallest absolute Gasteiger partial charge is 0.271 e. The first-order valence-corrected chi connectivity index (χ1v) is 6.28. The van der Waals surface area contributed by atoms with Gasteiger partial charge in [0, 0.05) is 16.7 Å². The van der Waals surface area contributed by atoms with Crippen molar-refractivity contribution in [2.45, 2.75) is 19.4 Å². The molecule has 1 aromatic rings. The lowest BCUT2D eigenvalue weighted by molar-refractivity contribution is 0.0943. The van der Waals surface area contributed by atoms with Gasteiger partial charge in [-0.15, -0.1) is 0 Å². The van der Waals surface area contributed by atoms with Crippen molar-refractivity contribution in [3.05, 3.63) is 26.9 Å². The summed E-state index contributed by atoms with van der Waals surface area (Å²) < 4.78 is 1.56. The number of pyridine rings is 1. The van der Waals surface area contributed by atoms with Gasteiger partial charge in [0.05, 0.1) is 4.47 Å². The van der Waals surface area contributed by atoms with Crippen molar-refractivity contribution >= 4 is 37.8 Å². The molecule has 1 aliphatic rings. The fourth-order valence-corrected chi connectivity index (χ4v) is 2.51. The van der Waals surface area contributed by atoms with Gasteiger partial charge in [-0.1, -0.05) is 6.92 Å². The Morgan fingerprint density at radius 2 is 2.27 bits per heavy atom. The molecule has 2 atom stereocenters. The molecule has 5 heteroatoms. The molecule has 1 aliphatic carbocycles. The maximum Gasteiger partial charge on any atom is 0.271 e. The van der Waals surface area contributed by atoms with Gasteiger partial charge in [0.25, 0.3) is 5.91 Å². The number of carbonyl (C=O) groups excluding carboxylic acids is 1. The van der Waals surface area contributed by atoms with Crippen molar-refractivity contribution < 1.29 is 4.79 Å². The summed E-state index contributed by atoms with van der Waals surface area (Å²) in [6, 6.07) is 2.15. The highest BCUT2D eigenvalue weighted by Gasteiger charge is 2.34. The standard InChI is InChI=1S/C10H10Br2N2O/c1-5-2-8(5)14-10(15)9-7(12)3-6(11)4-13-9/h3-5,8H,2H2,1H3,(H,14,15). The van der Waals surface area contributed by atoms with Crippen LogP contribution >= 0.6 is 31.9 Å². The molecule has 1 saturated carbocycles. The first kappa shape index (κ1) is 11.1. The molecule has 1 aromatic heterocycles. The van der Waals surface area contributed by atoms with E-state index in [1.54, 1.807) is 6.20 Å². The molecule has 2 rings (SSSR count). The summed E-state index contributed by atoms with van der Waals surface area (Å²) in [6.45, 7) is 2.12. The minimum atomic E-state index is -0.108. The molecule has 0 aliphatic heterocycles. The van der Waals surface area contributed by atoms with Crippen LogP contribution in [0.25, 0.3) is 0 Å². The predicted octanol–water partition coefficient (Wildman–Crippen LogP) is 2.74. The highest BCUT2D eigenvalue weighted by Crippen LogP contribution is 2.29. The number of halogens is 2. The van der Waals surface area contributed by atoms with E-state index in [0.717, 1.165) is 10.9 Å². The molecule has 1 N–H and O–H groups in total. The zero-order valence-corrected chi connectivity index (χ0v) is 11.3. The van der Waals surface area contributed by atoms with Crippen molar-refractivity contribution in [2.75, 3.05) is 0 Å². The van der Waals surface area contributed by atoms with Crippen LogP contribution in [0.3, 0.4) is 0 Å². The lowest BCUT2D eigenvalue weighted by Crippen LogP contribution is -2.27. The molecule has 0 spiro atoms. The molecule has 1 fully saturated rings. The largest absolute Gasteiger partial charge is 0.348 e. The molecule has 1 amide bonds. The minimum Gasteiger partial charge on any atom is -0.348 e. The quantitative estimate of drug-likeness (QED) is 0.904. The normalized spacial score (nSPS) is 23.7. The average molecular weight is 334 g/mol. The summed E-state index contributed by atoms with van der Waals surface area (Å²) in [4.78, 5) is 15.8. The molecule has 2 unspecified atom stereocenters. The summed E-state index contributed by atoms with van der Waals surface area (Å²) >= 11 is 6.61. The van der Waals surface area contributed by atoms with E-state index in [-0.39, 0.29) is 5.91 Å². The molecule has 0 saturated heterocycles. The van der Waals surface area contributed by atoms with Gasteiger partial charge in [-0.2, -0.15) is 0 Å². The zero-order chi connectivity index (χ0) is 11.0. The molecule has 0 aromatic carbocycles. The van der Waals surface area contributed by atoms with Crippen LogP contribution in [0, 0.1) is 5.92 Å². The second-order valence-electron chi connectivity index (χ2n) is 3.78. The molecule has 3 nitrogen and oxygen atoms in total. The van der Waals surface area contributed by atoms with E-state index < -0.39 is 0 Å². The van der Waals surface area contributed by atoms with Gasteiger partial charge < -0.3 is 5.32 Å². The summed E-state index contributed by atoms with van der Waals surface area (Å²) in [5.41, 5.74) is 0.442. The Balaban J connectivity index is 2.11. The Kier molecular flexibility index (Phi) is 3.11. The summed E-state index contributed by atoms with van der Waals surface area (Å²) in [5.74, 6) is 0.492. The molecule has 80 valence electrons. The number of rotatable bonds is 2. The molecule has 0 radical (unpaired) electrons. The maximum absolute atomic E-state index is 11.8. The lowest BCUT2D eigenvalue weighted by atomic mass is 10.3. The second-order valence-corrected chi connectivity index (χ2v) is 5.55. The Morgan fingerprint density at radius 3 is 2.80 bits per heavy atom. The topological polar surface area (TPSA) is 42.0 Å². The van der Waals surface area contributed by atoms with Gasteiger partial charge in [0.2, 0.25) is 0 Å². The Morgan fingerprint density at radius 1 is 1.60 bits per heavy atom. The van der Waals surface area contributed by atoms with E-state index >= 15 is 0 Å². The van der Waals surface area contributed by atoms with Gasteiger partial charge in [-0.3, -0.25) is 4.79 Å². The molecule has 0 bridgehead atoms. The van der Waals surface area contributed by atoms with Crippen molar-refractivity contribution in [3.63, 3.8) is 0 Å². The van der Waals surface area contributed by atoms with Gasteiger partial charge >= 0.3 is 0 Å². The Labute approximate surface area is 105 Å². The number of aromatic nitrogens is 1. The van der Waals surface area contributed by atoms with E-state index in [1.165, 1.54) is 0 Å². The monoisotopic (exact) mass is 332 g/mol. The van der Waals surface area contributed by atoms with Crippen molar-refractivity contribution in [3.8, 4) is 0 Å². The van der Waals surface area contributed by atoms with Crippen LogP contribution in [0.2, 0.25) is 0 Å². The zero-order valence-electron chi connectivity index (χ0n) is 8.13. The summed E-state index contributed by atoms with van der Waals surface area (Å²) in [6.07, 6.45) is 2.69. The van der Waals surface area contributed by atoms with E-state index in [4.69, 9.17) is 0 Å². The average Bonchev–Trinajstić information content (AvgIpc) is 2.81. The number of hydrogen-bond acceptors (Lipinski definition) is 2. The predicted molar refractivity (Wildman–Crippen MR) is 64.7 cm³/mol. The van der Waals surface area contributed by atoms with Crippen LogP contribution in [-0.2, 0) is 0 Å². The van der Waals surface area contributed by atoms with E-state index in [2.05, 4.69) is 49.1 Å². The number of nitrogens with zero attached hydrogens (tertiary/aromatic N) is 1. The van der Waals surface area contributed by atoms with Crippen LogP contribution in [0.5, 0.6) is 0 Å². The first-order valence-electron chi connectivity index (χ1n) is 4.70. The third-order valence-corrected chi connectivity index (χ3v) is 3.49. The van der Waals surface area contributed by atoms with Gasteiger partial charge in [0.1, 0.15) is 5.69 Å². The number of hydrogen-bond donors (Lipinski definition) is 1. The van der Waals surface area contributed by atoms with Crippen molar-refractivity contribution in [1.29, 1.82) is 0 Å². The van der Waals surface area contributed by atoms with Crippen molar-refractivity contribution in [2.24, 2.45) is 5.92 Å². The molecular weight excluding hydrogens is 324 g/mol. The van der Waals surface area contributed by atoms with Gasteiger partial charge in [-0.05, 0) is 50.3 Å². The van der Waals surface area contributed by atoms with Crippen LogP contribution < -0.4 is 5.32 Å². The highest BCUT2D eigenvalue weighted by molar-refractivity contribution is 9.11. The molecular formula is C10H10Br2N2O. The second kappa shape index (κ2) is 4.22. The number of nitrogens with one attached hydrogen (secondary N) is 1. The van der Waals surface area contributed by atoms with E-state index in [9.17, 15) is 4.79 Å². The van der Waals surface area contributed by atoms with Crippen LogP contribution in [0.15, 0.2) is 21.2 Å². The number of amides is 1. The fourth-order valence-electron chi connectivity index (χ4n) is 1.34. The lowest BCUT2D eigenvalue weighted by Gasteiger charge is -2.05. The van der Waals surface area contributed by atoms with Gasteiger partial charge in [-0.25, -0.2) is 4.98 Å². The molecule has 1 heterocycles.